The van der Waals surface area contributed by atoms with E-state index in [0.29, 0.717) is 24.0 Å². The molecular formula is C23H26N6O. The standard InChI is InChI=1S/C23H26N6O/c1-14(2)16-5-4-6-19(10-16)27-22(30)17-9-15(3)26-21(11-17)29-8-7-20-18(13-29)12-25-23(24)28-20/h4-6,9-12,14H,7-8,13H2,1-3H3,(H,27,30)(H2,24,25,28). The Morgan fingerprint density at radius 1 is 1.20 bits per heavy atom. The van der Waals surface area contributed by atoms with E-state index in [1.807, 2.05) is 37.3 Å². The number of benzene rings is 1. The van der Waals surface area contributed by atoms with Crippen LogP contribution in [0.5, 0.6) is 0 Å². The summed E-state index contributed by atoms with van der Waals surface area (Å²) in [5.41, 5.74) is 11.1. The Bertz CT molecular complexity index is 1090. The van der Waals surface area contributed by atoms with E-state index in [9.17, 15) is 4.79 Å². The number of anilines is 3. The molecule has 0 radical (unpaired) electrons. The summed E-state index contributed by atoms with van der Waals surface area (Å²) < 4.78 is 0. The van der Waals surface area contributed by atoms with Crippen LogP contribution in [-0.2, 0) is 13.0 Å². The first-order valence-electron chi connectivity index (χ1n) is 10.1. The number of carbonyl (C=O) groups excluding carboxylic acids is 1. The van der Waals surface area contributed by atoms with Crippen molar-refractivity contribution in [1.29, 1.82) is 0 Å². The Kier molecular flexibility index (Phi) is 5.35. The van der Waals surface area contributed by atoms with Crippen LogP contribution >= 0.6 is 0 Å². The highest BCUT2D eigenvalue weighted by Crippen LogP contribution is 2.24. The smallest absolute Gasteiger partial charge is 0.255 e. The molecule has 154 valence electrons. The first kappa shape index (κ1) is 19.8. The topological polar surface area (TPSA) is 97.0 Å². The molecule has 0 fully saturated rings. The van der Waals surface area contributed by atoms with Crippen molar-refractivity contribution in [3.05, 3.63) is 70.7 Å². The highest BCUT2D eigenvalue weighted by molar-refractivity contribution is 6.04. The van der Waals surface area contributed by atoms with Crippen molar-refractivity contribution in [2.24, 2.45) is 0 Å². The molecule has 1 aliphatic heterocycles. The van der Waals surface area contributed by atoms with Crippen molar-refractivity contribution >= 4 is 23.4 Å². The van der Waals surface area contributed by atoms with Gasteiger partial charge in [0.05, 0.1) is 5.69 Å². The fourth-order valence-electron chi connectivity index (χ4n) is 3.65. The van der Waals surface area contributed by atoms with Gasteiger partial charge in [0.1, 0.15) is 5.82 Å². The summed E-state index contributed by atoms with van der Waals surface area (Å²) in [6, 6.07) is 11.6. The molecule has 7 heteroatoms. The second kappa shape index (κ2) is 8.10. The molecule has 0 atom stereocenters. The molecule has 4 rings (SSSR count). The minimum atomic E-state index is -0.142. The van der Waals surface area contributed by atoms with Gasteiger partial charge in [-0.2, -0.15) is 0 Å². The average molecular weight is 403 g/mol. The molecule has 0 aliphatic carbocycles. The van der Waals surface area contributed by atoms with Crippen LogP contribution in [0.15, 0.2) is 42.6 Å². The number of pyridine rings is 1. The van der Waals surface area contributed by atoms with E-state index in [4.69, 9.17) is 5.73 Å². The first-order chi connectivity index (χ1) is 14.4. The minimum absolute atomic E-state index is 0.142. The van der Waals surface area contributed by atoms with E-state index in [1.165, 1.54) is 5.56 Å². The summed E-state index contributed by atoms with van der Waals surface area (Å²) in [6.07, 6.45) is 2.54. The molecule has 0 saturated heterocycles. The highest BCUT2D eigenvalue weighted by atomic mass is 16.1. The molecular weight excluding hydrogens is 376 g/mol. The first-order valence-corrected chi connectivity index (χ1v) is 10.1. The molecule has 0 saturated carbocycles. The van der Waals surface area contributed by atoms with Gasteiger partial charge in [-0.25, -0.2) is 15.0 Å². The van der Waals surface area contributed by atoms with Gasteiger partial charge in [-0.05, 0) is 42.7 Å². The highest BCUT2D eigenvalue weighted by Gasteiger charge is 2.21. The van der Waals surface area contributed by atoms with Crippen LogP contribution in [0.3, 0.4) is 0 Å². The predicted octanol–water partition coefficient (Wildman–Crippen LogP) is 3.70. The number of nitrogen functional groups attached to an aromatic ring is 1. The zero-order valence-electron chi connectivity index (χ0n) is 17.5. The monoisotopic (exact) mass is 402 g/mol. The van der Waals surface area contributed by atoms with E-state index in [-0.39, 0.29) is 5.91 Å². The van der Waals surface area contributed by atoms with Gasteiger partial charge in [-0.3, -0.25) is 4.79 Å². The van der Waals surface area contributed by atoms with E-state index in [0.717, 1.165) is 41.4 Å². The number of nitrogens with two attached hydrogens (primary N) is 1. The Morgan fingerprint density at radius 3 is 2.83 bits per heavy atom. The van der Waals surface area contributed by atoms with Crippen molar-refractivity contribution in [2.45, 2.75) is 39.7 Å². The third-order valence-corrected chi connectivity index (χ3v) is 5.29. The van der Waals surface area contributed by atoms with Gasteiger partial charge in [-0.1, -0.05) is 26.0 Å². The normalized spacial score (nSPS) is 13.3. The second-order valence-electron chi connectivity index (χ2n) is 7.96. The molecule has 3 heterocycles. The molecule has 0 bridgehead atoms. The zero-order valence-corrected chi connectivity index (χ0v) is 17.5. The van der Waals surface area contributed by atoms with Gasteiger partial charge < -0.3 is 16.0 Å². The molecule has 30 heavy (non-hydrogen) atoms. The summed E-state index contributed by atoms with van der Waals surface area (Å²) in [6.45, 7) is 7.58. The SMILES string of the molecule is Cc1cc(C(=O)Nc2cccc(C(C)C)c2)cc(N2CCc3nc(N)ncc3C2)n1. The molecule has 0 unspecified atom stereocenters. The number of carbonyl (C=O) groups is 1. The van der Waals surface area contributed by atoms with Crippen molar-refractivity contribution < 1.29 is 4.79 Å². The van der Waals surface area contributed by atoms with Gasteiger partial charge in [0, 0.05) is 48.2 Å². The van der Waals surface area contributed by atoms with E-state index < -0.39 is 0 Å². The number of nitrogens with zero attached hydrogens (tertiary/aromatic N) is 4. The molecule has 2 aromatic heterocycles. The van der Waals surface area contributed by atoms with Crippen molar-refractivity contribution in [3.8, 4) is 0 Å². The van der Waals surface area contributed by atoms with Crippen LogP contribution in [0.4, 0.5) is 17.5 Å². The van der Waals surface area contributed by atoms with Crippen LogP contribution < -0.4 is 16.0 Å². The molecule has 1 aromatic carbocycles. The fraction of sp³-hybridized carbons (Fsp3) is 0.304. The number of hydrogen-bond donors (Lipinski definition) is 2. The van der Waals surface area contributed by atoms with Gasteiger partial charge in [-0.15, -0.1) is 0 Å². The quantitative estimate of drug-likeness (QED) is 0.691. The summed E-state index contributed by atoms with van der Waals surface area (Å²) in [7, 11) is 0. The third kappa shape index (κ3) is 4.25. The van der Waals surface area contributed by atoms with Crippen LogP contribution in [-0.4, -0.2) is 27.4 Å². The lowest BCUT2D eigenvalue weighted by Crippen LogP contribution is -2.32. The van der Waals surface area contributed by atoms with Crippen molar-refractivity contribution in [3.63, 3.8) is 0 Å². The van der Waals surface area contributed by atoms with Gasteiger partial charge in [0.15, 0.2) is 0 Å². The maximum atomic E-state index is 12.9. The largest absolute Gasteiger partial charge is 0.368 e. The Balaban J connectivity index is 1.55. The van der Waals surface area contributed by atoms with Gasteiger partial charge >= 0.3 is 0 Å². The Labute approximate surface area is 176 Å². The number of aromatic nitrogens is 3. The zero-order chi connectivity index (χ0) is 21.3. The molecule has 7 nitrogen and oxygen atoms in total. The van der Waals surface area contributed by atoms with Crippen LogP contribution in [0.25, 0.3) is 0 Å². The molecule has 0 spiro atoms. The van der Waals surface area contributed by atoms with Crippen molar-refractivity contribution in [1.82, 2.24) is 15.0 Å². The lowest BCUT2D eigenvalue weighted by Gasteiger charge is -2.29. The number of hydrogen-bond acceptors (Lipinski definition) is 6. The second-order valence-corrected chi connectivity index (χ2v) is 7.96. The number of aryl methyl sites for hydroxylation is 1. The summed E-state index contributed by atoms with van der Waals surface area (Å²) in [5.74, 6) is 1.34. The molecule has 3 aromatic rings. The number of amides is 1. The van der Waals surface area contributed by atoms with E-state index in [2.05, 4.69) is 45.1 Å². The van der Waals surface area contributed by atoms with E-state index in [1.54, 1.807) is 6.20 Å². The predicted molar refractivity (Wildman–Crippen MR) is 119 cm³/mol. The molecule has 1 aliphatic rings. The number of rotatable bonds is 4. The van der Waals surface area contributed by atoms with Crippen LogP contribution in [0.1, 0.15) is 52.6 Å². The maximum Gasteiger partial charge on any atom is 0.255 e. The molecule has 3 N–H and O–H groups in total. The fourth-order valence-corrected chi connectivity index (χ4v) is 3.65. The number of nitrogens with one attached hydrogen (secondary N) is 1. The third-order valence-electron chi connectivity index (χ3n) is 5.29. The molecule has 1 amide bonds. The van der Waals surface area contributed by atoms with Crippen LogP contribution in [0.2, 0.25) is 0 Å². The van der Waals surface area contributed by atoms with E-state index >= 15 is 0 Å². The lowest BCUT2D eigenvalue weighted by molar-refractivity contribution is 0.102. The Morgan fingerprint density at radius 2 is 2.03 bits per heavy atom. The van der Waals surface area contributed by atoms with Crippen molar-refractivity contribution in [2.75, 3.05) is 22.5 Å². The number of fused-ring (bicyclic) bond motifs is 1. The Hall–Kier alpha value is -3.48. The minimum Gasteiger partial charge on any atom is -0.368 e. The van der Waals surface area contributed by atoms with Crippen LogP contribution in [0, 0.1) is 6.92 Å². The summed E-state index contributed by atoms with van der Waals surface area (Å²) >= 11 is 0. The van der Waals surface area contributed by atoms with Gasteiger partial charge in [0.25, 0.3) is 5.91 Å². The maximum absolute atomic E-state index is 12.9. The van der Waals surface area contributed by atoms with Gasteiger partial charge in [0.2, 0.25) is 5.95 Å². The lowest BCUT2D eigenvalue weighted by atomic mass is 10.0. The summed E-state index contributed by atoms with van der Waals surface area (Å²) in [4.78, 5) is 28.2. The average Bonchev–Trinajstić information content (AvgIpc) is 2.73. The summed E-state index contributed by atoms with van der Waals surface area (Å²) in [5, 5.41) is 3.01.